The Kier molecular flexibility index (Phi) is 8.73. The molecule has 1 saturated heterocycles. The largest absolute Gasteiger partial charge is 0.451 e. The molecular formula is C27H36N4O6. The molecule has 1 aliphatic heterocycles. The average Bonchev–Trinajstić information content (AvgIpc) is 3.42. The highest BCUT2D eigenvalue weighted by Gasteiger charge is 2.36. The fourth-order valence-electron chi connectivity index (χ4n) is 4.24. The van der Waals surface area contributed by atoms with Crippen molar-refractivity contribution in [3.8, 4) is 0 Å². The summed E-state index contributed by atoms with van der Waals surface area (Å²) in [6.45, 7) is 9.48. The monoisotopic (exact) mass is 512 g/mol. The predicted octanol–water partition coefficient (Wildman–Crippen LogP) is 2.07. The van der Waals surface area contributed by atoms with Gasteiger partial charge in [0.25, 0.3) is 11.8 Å². The molecule has 0 aliphatic carbocycles. The first-order valence-electron chi connectivity index (χ1n) is 12.6. The molecule has 10 nitrogen and oxygen atoms in total. The minimum Gasteiger partial charge on any atom is -0.451 e. The van der Waals surface area contributed by atoms with Gasteiger partial charge in [-0.3, -0.25) is 24.0 Å². The molecule has 3 rings (SSSR count). The van der Waals surface area contributed by atoms with Crippen LogP contribution in [0.3, 0.4) is 0 Å². The number of fused-ring (bicyclic) bond motifs is 1. The van der Waals surface area contributed by atoms with Gasteiger partial charge < -0.3 is 25.7 Å². The molecular weight excluding hydrogens is 476 g/mol. The van der Waals surface area contributed by atoms with Gasteiger partial charge in [0.05, 0.1) is 6.04 Å². The van der Waals surface area contributed by atoms with Gasteiger partial charge in [0.1, 0.15) is 11.6 Å². The third-order valence-electron chi connectivity index (χ3n) is 6.01. The Morgan fingerprint density at radius 1 is 1.08 bits per heavy atom. The second-order valence-electron chi connectivity index (χ2n) is 10.9. The van der Waals surface area contributed by atoms with E-state index in [2.05, 4.69) is 21.3 Å². The lowest BCUT2D eigenvalue weighted by molar-refractivity contribution is -0.141. The molecule has 1 fully saturated rings. The van der Waals surface area contributed by atoms with Gasteiger partial charge >= 0.3 is 0 Å². The third-order valence-corrected chi connectivity index (χ3v) is 6.01. The van der Waals surface area contributed by atoms with Crippen LogP contribution in [0.15, 0.2) is 34.7 Å². The summed E-state index contributed by atoms with van der Waals surface area (Å²) in [4.78, 5) is 64.2. The molecule has 2 heterocycles. The Hall–Kier alpha value is -3.69. The number of carbonyl (C=O) groups excluding carboxylic acids is 5. The number of carbonyl (C=O) groups is 5. The van der Waals surface area contributed by atoms with E-state index in [1.807, 2.05) is 26.0 Å². The van der Waals surface area contributed by atoms with Crippen LogP contribution in [0.5, 0.6) is 0 Å². The van der Waals surface area contributed by atoms with Gasteiger partial charge in [0, 0.05) is 23.4 Å². The van der Waals surface area contributed by atoms with Crippen molar-refractivity contribution in [2.75, 3.05) is 6.54 Å². The molecule has 200 valence electrons. The van der Waals surface area contributed by atoms with E-state index in [9.17, 15) is 24.0 Å². The molecule has 3 atom stereocenters. The molecule has 1 aromatic carbocycles. The number of hydrogen-bond acceptors (Lipinski definition) is 6. The minimum absolute atomic E-state index is 0.0140. The molecule has 4 N–H and O–H groups in total. The Morgan fingerprint density at radius 2 is 1.78 bits per heavy atom. The molecule has 0 radical (unpaired) electrons. The second kappa shape index (κ2) is 11.6. The lowest BCUT2D eigenvalue weighted by atomic mass is 9.94. The van der Waals surface area contributed by atoms with Crippen LogP contribution in [0.25, 0.3) is 11.0 Å². The van der Waals surface area contributed by atoms with Crippen molar-refractivity contribution in [3.05, 3.63) is 36.1 Å². The fourth-order valence-corrected chi connectivity index (χ4v) is 4.24. The van der Waals surface area contributed by atoms with Crippen molar-refractivity contribution in [2.24, 2.45) is 11.8 Å². The Bertz CT molecular complexity index is 1150. The summed E-state index contributed by atoms with van der Waals surface area (Å²) in [5, 5.41) is 11.4. The van der Waals surface area contributed by atoms with Crippen molar-refractivity contribution in [1.29, 1.82) is 0 Å². The predicted molar refractivity (Wildman–Crippen MR) is 137 cm³/mol. The molecule has 10 heteroatoms. The number of furan rings is 1. The zero-order chi connectivity index (χ0) is 27.3. The van der Waals surface area contributed by atoms with E-state index < -0.39 is 47.0 Å². The van der Waals surface area contributed by atoms with Gasteiger partial charge in [-0.05, 0) is 58.1 Å². The minimum atomic E-state index is -1.22. The summed E-state index contributed by atoms with van der Waals surface area (Å²) in [6, 6.07) is 6.55. The molecule has 1 aliphatic rings. The SMILES string of the molecule is CC(C)C[C@H](NC(=O)c1cc2ccccc2o1)C(=O)NC(C[C@@H]1CCNC1=O)C(=O)C(=O)NC(C)(C)C. The van der Waals surface area contributed by atoms with Crippen molar-refractivity contribution in [1.82, 2.24) is 21.3 Å². The molecule has 2 aromatic rings. The summed E-state index contributed by atoms with van der Waals surface area (Å²) >= 11 is 0. The maximum atomic E-state index is 13.4. The van der Waals surface area contributed by atoms with Gasteiger partial charge in [0.15, 0.2) is 5.76 Å². The summed E-state index contributed by atoms with van der Waals surface area (Å²) in [5.41, 5.74) is -0.116. The van der Waals surface area contributed by atoms with Crippen molar-refractivity contribution >= 4 is 40.4 Å². The van der Waals surface area contributed by atoms with Gasteiger partial charge in [-0.15, -0.1) is 0 Å². The fraction of sp³-hybridized carbons (Fsp3) is 0.519. The zero-order valence-electron chi connectivity index (χ0n) is 22.0. The topological polar surface area (TPSA) is 147 Å². The van der Waals surface area contributed by atoms with E-state index in [1.54, 1.807) is 39.0 Å². The first-order valence-corrected chi connectivity index (χ1v) is 12.6. The van der Waals surface area contributed by atoms with E-state index in [0.717, 1.165) is 5.39 Å². The van der Waals surface area contributed by atoms with Crippen LogP contribution in [0.2, 0.25) is 0 Å². The van der Waals surface area contributed by atoms with Crippen LogP contribution in [0.1, 0.15) is 64.4 Å². The second-order valence-corrected chi connectivity index (χ2v) is 10.9. The van der Waals surface area contributed by atoms with Crippen LogP contribution in [-0.4, -0.2) is 53.6 Å². The summed E-state index contributed by atoms with van der Waals surface area (Å²) in [7, 11) is 0. The van der Waals surface area contributed by atoms with Crippen molar-refractivity contribution in [3.63, 3.8) is 0 Å². The Morgan fingerprint density at radius 3 is 2.38 bits per heavy atom. The molecule has 0 saturated carbocycles. The number of nitrogens with one attached hydrogen (secondary N) is 4. The highest BCUT2D eigenvalue weighted by atomic mass is 16.3. The number of hydrogen-bond donors (Lipinski definition) is 4. The van der Waals surface area contributed by atoms with Gasteiger partial charge in [0.2, 0.25) is 17.6 Å². The summed E-state index contributed by atoms with van der Waals surface area (Å²) in [6.07, 6.45) is 0.772. The molecule has 37 heavy (non-hydrogen) atoms. The third kappa shape index (κ3) is 7.65. The number of Topliss-reactive ketones (excluding diaryl/α,β-unsaturated/α-hetero) is 1. The van der Waals surface area contributed by atoms with E-state index in [1.165, 1.54) is 0 Å². The van der Waals surface area contributed by atoms with E-state index in [-0.39, 0.29) is 30.4 Å². The Labute approximate surface area is 216 Å². The molecule has 4 amide bonds. The highest BCUT2D eigenvalue weighted by molar-refractivity contribution is 6.38. The van der Waals surface area contributed by atoms with Crippen LogP contribution >= 0.6 is 0 Å². The standard InChI is InChI=1S/C27H36N4O6/c1-15(2)12-19(30-25(35)21-14-16-8-6-7-9-20(16)37-21)24(34)29-18(13-17-10-11-28-23(17)33)22(32)26(36)31-27(3,4)5/h6-9,14-15,17-19H,10-13H2,1-5H3,(H,28,33)(H,29,34)(H,30,35)(H,31,36)/t17-,18?,19-/m0/s1. The Balaban J connectivity index is 1.78. The molecule has 1 unspecified atom stereocenters. The number of amides is 4. The number of para-hydroxylation sites is 1. The van der Waals surface area contributed by atoms with Crippen LogP contribution in [0.4, 0.5) is 0 Å². The normalized spacial score (nSPS) is 17.2. The van der Waals surface area contributed by atoms with Crippen LogP contribution < -0.4 is 21.3 Å². The van der Waals surface area contributed by atoms with Gasteiger partial charge in [-0.25, -0.2) is 0 Å². The van der Waals surface area contributed by atoms with Crippen molar-refractivity contribution in [2.45, 2.75) is 71.5 Å². The summed E-state index contributed by atoms with van der Waals surface area (Å²) in [5.74, 6) is -3.50. The average molecular weight is 513 g/mol. The first kappa shape index (κ1) is 27.9. The lowest BCUT2D eigenvalue weighted by Gasteiger charge is -2.26. The quantitative estimate of drug-likeness (QED) is 0.359. The maximum Gasteiger partial charge on any atom is 0.290 e. The molecule has 1 aromatic heterocycles. The van der Waals surface area contributed by atoms with E-state index >= 15 is 0 Å². The smallest absolute Gasteiger partial charge is 0.290 e. The lowest BCUT2D eigenvalue weighted by Crippen LogP contribution is -2.56. The van der Waals surface area contributed by atoms with Gasteiger partial charge in [-0.2, -0.15) is 0 Å². The number of ketones is 1. The number of rotatable bonds is 10. The number of benzene rings is 1. The van der Waals surface area contributed by atoms with Crippen LogP contribution in [0, 0.1) is 11.8 Å². The highest BCUT2D eigenvalue weighted by Crippen LogP contribution is 2.20. The zero-order valence-corrected chi connectivity index (χ0v) is 22.0. The first-order chi connectivity index (χ1) is 17.3. The van der Waals surface area contributed by atoms with Crippen LogP contribution in [-0.2, 0) is 19.2 Å². The van der Waals surface area contributed by atoms with E-state index in [0.29, 0.717) is 18.5 Å². The summed E-state index contributed by atoms with van der Waals surface area (Å²) < 4.78 is 5.62. The maximum absolute atomic E-state index is 13.4. The molecule has 0 spiro atoms. The van der Waals surface area contributed by atoms with Gasteiger partial charge in [-0.1, -0.05) is 32.0 Å². The molecule has 0 bridgehead atoms. The van der Waals surface area contributed by atoms with E-state index in [4.69, 9.17) is 4.42 Å². The van der Waals surface area contributed by atoms with Crippen molar-refractivity contribution < 1.29 is 28.4 Å².